The van der Waals surface area contributed by atoms with E-state index in [1.165, 1.54) is 12.8 Å². The van der Waals surface area contributed by atoms with E-state index >= 15 is 0 Å². The van der Waals surface area contributed by atoms with E-state index < -0.39 is 0 Å². The quantitative estimate of drug-likeness (QED) is 0.636. The zero-order valence-corrected chi connectivity index (χ0v) is 14.1. The number of nitrogens with zero attached hydrogens (tertiary/aromatic N) is 2. The summed E-state index contributed by atoms with van der Waals surface area (Å²) in [5.74, 6) is 6.65. The van der Waals surface area contributed by atoms with Crippen LogP contribution >= 0.6 is 15.9 Å². The Bertz CT molecular complexity index is 440. The molecule has 2 rings (SSSR count). The van der Waals surface area contributed by atoms with E-state index in [2.05, 4.69) is 40.3 Å². The van der Waals surface area contributed by atoms with Crippen LogP contribution in [-0.2, 0) is 11.3 Å². The van der Waals surface area contributed by atoms with Crippen molar-refractivity contribution in [2.24, 2.45) is 11.8 Å². The van der Waals surface area contributed by atoms with Crippen molar-refractivity contribution in [2.75, 3.05) is 7.11 Å². The van der Waals surface area contributed by atoms with Crippen LogP contribution in [0.4, 0.5) is 0 Å². The molecule has 1 fully saturated rings. The molecule has 3 N–H and O–H groups in total. The Morgan fingerprint density at radius 1 is 1.60 bits per heavy atom. The molecule has 1 aromatic heterocycles. The van der Waals surface area contributed by atoms with Crippen molar-refractivity contribution < 1.29 is 4.74 Å². The van der Waals surface area contributed by atoms with Crippen molar-refractivity contribution in [3.8, 4) is 0 Å². The van der Waals surface area contributed by atoms with Crippen LogP contribution in [0.2, 0.25) is 0 Å². The molecule has 114 valence electrons. The van der Waals surface area contributed by atoms with Gasteiger partial charge in [-0.05, 0) is 54.5 Å². The third-order valence-corrected chi connectivity index (χ3v) is 5.24. The molecule has 0 amide bonds. The van der Waals surface area contributed by atoms with E-state index in [1.807, 2.05) is 10.9 Å². The Labute approximate surface area is 129 Å². The van der Waals surface area contributed by atoms with E-state index in [4.69, 9.17) is 10.6 Å². The number of aromatic nitrogens is 2. The zero-order chi connectivity index (χ0) is 14.8. The van der Waals surface area contributed by atoms with Crippen molar-refractivity contribution in [2.45, 2.75) is 57.7 Å². The van der Waals surface area contributed by atoms with Gasteiger partial charge >= 0.3 is 0 Å². The minimum Gasteiger partial charge on any atom is -0.376 e. The molecule has 20 heavy (non-hydrogen) atoms. The Kier molecular flexibility index (Phi) is 5.23. The zero-order valence-electron chi connectivity index (χ0n) is 12.5. The van der Waals surface area contributed by atoms with E-state index in [9.17, 15) is 0 Å². The summed E-state index contributed by atoms with van der Waals surface area (Å²) in [7, 11) is 1.79. The van der Waals surface area contributed by atoms with Crippen LogP contribution in [0.3, 0.4) is 0 Å². The minimum atomic E-state index is -0.253. The van der Waals surface area contributed by atoms with Gasteiger partial charge in [-0.15, -0.1) is 0 Å². The van der Waals surface area contributed by atoms with E-state index in [1.54, 1.807) is 7.11 Å². The molecule has 0 bridgehead atoms. The lowest BCUT2D eigenvalue weighted by Gasteiger charge is -2.43. The predicted molar refractivity (Wildman–Crippen MR) is 83.0 cm³/mol. The number of nitrogens with one attached hydrogen (secondary N) is 1. The number of hydrazine groups is 1. The lowest BCUT2D eigenvalue weighted by atomic mass is 9.74. The van der Waals surface area contributed by atoms with Crippen molar-refractivity contribution >= 4 is 15.9 Å². The number of rotatable bonds is 5. The maximum Gasteiger partial charge on any atom is 0.0929 e. The summed E-state index contributed by atoms with van der Waals surface area (Å²) in [6.07, 6.45) is 6.20. The molecule has 1 saturated carbocycles. The highest BCUT2D eigenvalue weighted by molar-refractivity contribution is 9.10. The van der Waals surface area contributed by atoms with Crippen molar-refractivity contribution in [3.63, 3.8) is 0 Å². The van der Waals surface area contributed by atoms with E-state index in [-0.39, 0.29) is 11.6 Å². The van der Waals surface area contributed by atoms with Crippen molar-refractivity contribution in [1.82, 2.24) is 15.2 Å². The lowest BCUT2D eigenvalue weighted by Crippen LogP contribution is -2.50. The van der Waals surface area contributed by atoms with Crippen LogP contribution < -0.4 is 11.3 Å². The second-order valence-electron chi connectivity index (χ2n) is 5.74. The number of methoxy groups -OCH3 is 1. The fraction of sp³-hybridized carbons (Fsp3) is 0.786. The Morgan fingerprint density at radius 2 is 2.25 bits per heavy atom. The van der Waals surface area contributed by atoms with Gasteiger partial charge in [0.1, 0.15) is 0 Å². The van der Waals surface area contributed by atoms with Crippen LogP contribution in [0.15, 0.2) is 10.7 Å². The van der Waals surface area contributed by atoms with Gasteiger partial charge in [-0.3, -0.25) is 10.5 Å². The Hall–Kier alpha value is -0.430. The van der Waals surface area contributed by atoms with Crippen LogP contribution in [0.5, 0.6) is 0 Å². The molecule has 0 spiro atoms. The van der Waals surface area contributed by atoms with Gasteiger partial charge in [-0.1, -0.05) is 6.92 Å². The predicted octanol–water partition coefficient (Wildman–Crippen LogP) is 2.77. The van der Waals surface area contributed by atoms with Crippen LogP contribution in [0.25, 0.3) is 0 Å². The molecule has 0 saturated heterocycles. The van der Waals surface area contributed by atoms with Gasteiger partial charge in [-0.2, -0.15) is 5.10 Å². The fourth-order valence-corrected chi connectivity index (χ4v) is 3.78. The fourth-order valence-electron chi connectivity index (χ4n) is 3.25. The lowest BCUT2D eigenvalue weighted by molar-refractivity contribution is -0.0781. The van der Waals surface area contributed by atoms with Crippen LogP contribution in [0.1, 0.15) is 51.3 Å². The highest BCUT2D eigenvalue weighted by atomic mass is 79.9. The van der Waals surface area contributed by atoms with Gasteiger partial charge in [0.15, 0.2) is 0 Å². The van der Waals surface area contributed by atoms with Crippen LogP contribution in [-0.4, -0.2) is 22.5 Å². The average molecular weight is 345 g/mol. The molecule has 1 aromatic rings. The smallest absolute Gasteiger partial charge is 0.0929 e. The second kappa shape index (κ2) is 6.56. The number of ether oxygens (including phenoxy) is 1. The summed E-state index contributed by atoms with van der Waals surface area (Å²) in [4.78, 5) is 0. The first-order valence-corrected chi connectivity index (χ1v) is 8.09. The topological polar surface area (TPSA) is 65.1 Å². The molecule has 0 radical (unpaired) electrons. The Balaban J connectivity index is 2.36. The second-order valence-corrected chi connectivity index (χ2v) is 6.60. The molecule has 5 nitrogen and oxygen atoms in total. The maximum atomic E-state index is 5.95. The molecule has 1 atom stereocenters. The first kappa shape index (κ1) is 15.9. The van der Waals surface area contributed by atoms with Gasteiger partial charge in [0.2, 0.25) is 0 Å². The number of nitrogens with two attached hydrogens (primary N) is 1. The van der Waals surface area contributed by atoms with Crippen molar-refractivity contribution in [3.05, 3.63) is 16.4 Å². The highest BCUT2D eigenvalue weighted by Gasteiger charge is 2.44. The molecule has 0 aliphatic heterocycles. The molecule has 1 aliphatic rings. The SMILES string of the molecule is CCn1ncc(Br)c1C(NN)C1(OC)CCC(C)CC1. The molecule has 1 aliphatic carbocycles. The number of hydrogen-bond acceptors (Lipinski definition) is 4. The average Bonchev–Trinajstić information content (AvgIpc) is 2.83. The largest absolute Gasteiger partial charge is 0.376 e. The first-order valence-electron chi connectivity index (χ1n) is 7.30. The first-order chi connectivity index (χ1) is 9.57. The number of hydrogen-bond donors (Lipinski definition) is 2. The van der Waals surface area contributed by atoms with E-state index in [0.717, 1.165) is 35.5 Å². The highest BCUT2D eigenvalue weighted by Crippen LogP contribution is 2.44. The van der Waals surface area contributed by atoms with E-state index in [0.29, 0.717) is 0 Å². The third-order valence-electron chi connectivity index (χ3n) is 4.63. The standard InChI is InChI=1S/C14H25BrN4O/c1-4-19-12(11(15)9-17-19)13(18-16)14(20-3)7-5-10(2)6-8-14/h9-10,13,18H,4-8,16H2,1-3H3. The summed E-state index contributed by atoms with van der Waals surface area (Å²) in [5, 5.41) is 4.40. The monoisotopic (exact) mass is 344 g/mol. The maximum absolute atomic E-state index is 5.95. The van der Waals surface area contributed by atoms with Crippen LogP contribution in [0, 0.1) is 5.92 Å². The molecule has 1 heterocycles. The normalized spacial score (nSPS) is 28.6. The minimum absolute atomic E-state index is 0.0585. The Morgan fingerprint density at radius 3 is 2.75 bits per heavy atom. The third kappa shape index (κ3) is 2.79. The molecule has 0 aromatic carbocycles. The molecular weight excluding hydrogens is 320 g/mol. The van der Waals surface area contributed by atoms with Gasteiger partial charge in [0.25, 0.3) is 0 Å². The van der Waals surface area contributed by atoms with Gasteiger partial charge in [0.05, 0.1) is 28.0 Å². The van der Waals surface area contributed by atoms with Crippen molar-refractivity contribution in [1.29, 1.82) is 0 Å². The summed E-state index contributed by atoms with van der Waals surface area (Å²) in [6, 6.07) is -0.0585. The van der Waals surface area contributed by atoms with Gasteiger partial charge in [-0.25, -0.2) is 5.43 Å². The molecule has 1 unspecified atom stereocenters. The summed E-state index contributed by atoms with van der Waals surface area (Å²) in [5.41, 5.74) is 3.80. The summed E-state index contributed by atoms with van der Waals surface area (Å²) in [6.45, 7) is 5.20. The van der Waals surface area contributed by atoms with Gasteiger partial charge in [0, 0.05) is 13.7 Å². The molecule has 6 heteroatoms. The summed E-state index contributed by atoms with van der Waals surface area (Å²) >= 11 is 3.60. The number of aryl methyl sites for hydroxylation is 1. The molecular formula is C14H25BrN4O. The summed E-state index contributed by atoms with van der Waals surface area (Å²) < 4.78 is 8.92. The van der Waals surface area contributed by atoms with Gasteiger partial charge < -0.3 is 4.74 Å². The number of halogens is 1.